The minimum Gasteiger partial charge on any atom is -0.369 e. The number of aromatic nitrogens is 4. The van der Waals surface area contributed by atoms with Crippen molar-refractivity contribution in [2.75, 3.05) is 25.9 Å². The van der Waals surface area contributed by atoms with Crippen LogP contribution in [-0.2, 0) is 6.54 Å². The van der Waals surface area contributed by atoms with Crippen molar-refractivity contribution >= 4 is 11.9 Å². The molecule has 3 heterocycles. The highest BCUT2D eigenvalue weighted by atomic mass is 16.2. The van der Waals surface area contributed by atoms with Crippen LogP contribution in [0.2, 0.25) is 0 Å². The highest BCUT2D eigenvalue weighted by Gasteiger charge is 2.32. The number of hydrogen-bond donors (Lipinski definition) is 3. The van der Waals surface area contributed by atoms with Crippen LogP contribution in [-0.4, -0.2) is 62.1 Å². The van der Waals surface area contributed by atoms with Gasteiger partial charge in [0.2, 0.25) is 5.95 Å². The second-order valence-corrected chi connectivity index (χ2v) is 7.49. The van der Waals surface area contributed by atoms with Crippen LogP contribution >= 0.6 is 0 Å². The van der Waals surface area contributed by atoms with Crippen molar-refractivity contribution in [3.8, 4) is 0 Å². The molecule has 27 heavy (non-hydrogen) atoms. The van der Waals surface area contributed by atoms with Crippen LogP contribution in [0.3, 0.4) is 0 Å². The van der Waals surface area contributed by atoms with Crippen LogP contribution in [0.25, 0.3) is 0 Å². The van der Waals surface area contributed by atoms with Gasteiger partial charge in [-0.15, -0.1) is 0 Å². The fourth-order valence-electron chi connectivity index (χ4n) is 3.57. The van der Waals surface area contributed by atoms with Crippen LogP contribution in [0.1, 0.15) is 53.6 Å². The van der Waals surface area contributed by atoms with Crippen molar-refractivity contribution < 1.29 is 4.79 Å². The molecule has 2 aromatic rings. The number of hydrogen-bond acceptors (Lipinski definition) is 6. The summed E-state index contributed by atoms with van der Waals surface area (Å²) >= 11 is 0. The molecule has 9 nitrogen and oxygen atoms in total. The molecule has 1 unspecified atom stereocenters. The van der Waals surface area contributed by atoms with E-state index in [2.05, 4.69) is 25.1 Å². The van der Waals surface area contributed by atoms with E-state index in [0.29, 0.717) is 30.9 Å². The third kappa shape index (κ3) is 4.02. The third-order valence-electron chi connectivity index (χ3n) is 5.03. The fraction of sp³-hybridized carbons (Fsp3) is 0.556. The van der Waals surface area contributed by atoms with Crippen molar-refractivity contribution in [1.82, 2.24) is 30.0 Å². The van der Waals surface area contributed by atoms with Gasteiger partial charge in [-0.2, -0.15) is 5.10 Å². The average molecular weight is 373 g/mol. The summed E-state index contributed by atoms with van der Waals surface area (Å²) in [7, 11) is 1.97. The Bertz CT molecular complexity index is 886. The molecular formula is C18H27N7O2. The maximum atomic E-state index is 13.0. The molecule has 0 aliphatic carbocycles. The van der Waals surface area contributed by atoms with Crippen LogP contribution in [0.15, 0.2) is 10.9 Å². The standard InChI is InChI=1S/C18H27N7O2/c1-10(2)16-15(11(3)22-23-16)17(27)25-6-5-13(9-25)24(4)8-12-7-14(26)21-18(19)20-12/h7,10,13H,5-6,8-9H2,1-4H3,(H,22,23)(H3,19,20,21,26). The van der Waals surface area contributed by atoms with Gasteiger partial charge in [0.15, 0.2) is 0 Å². The fourth-order valence-corrected chi connectivity index (χ4v) is 3.57. The summed E-state index contributed by atoms with van der Waals surface area (Å²) in [5, 5.41) is 7.24. The summed E-state index contributed by atoms with van der Waals surface area (Å²) in [4.78, 5) is 35.2. The van der Waals surface area contributed by atoms with E-state index in [4.69, 9.17) is 5.73 Å². The second kappa shape index (κ2) is 7.51. The summed E-state index contributed by atoms with van der Waals surface area (Å²) < 4.78 is 0. The first kappa shape index (κ1) is 19.1. The van der Waals surface area contributed by atoms with E-state index < -0.39 is 0 Å². The van der Waals surface area contributed by atoms with Crippen molar-refractivity contribution in [2.24, 2.45) is 0 Å². The van der Waals surface area contributed by atoms with Crippen molar-refractivity contribution in [3.05, 3.63) is 39.1 Å². The maximum Gasteiger partial charge on any atom is 0.257 e. The van der Waals surface area contributed by atoms with Gasteiger partial charge in [-0.3, -0.25) is 24.6 Å². The Hall–Kier alpha value is -2.68. The van der Waals surface area contributed by atoms with Gasteiger partial charge in [0.1, 0.15) is 0 Å². The Morgan fingerprint density at radius 1 is 1.48 bits per heavy atom. The highest BCUT2D eigenvalue weighted by Crippen LogP contribution is 2.24. The number of aromatic amines is 2. The number of anilines is 1. The van der Waals surface area contributed by atoms with E-state index in [0.717, 1.165) is 17.8 Å². The number of amides is 1. The molecule has 1 atom stereocenters. The van der Waals surface area contributed by atoms with Gasteiger partial charge < -0.3 is 10.6 Å². The summed E-state index contributed by atoms with van der Waals surface area (Å²) in [6.45, 7) is 7.79. The predicted molar refractivity (Wildman–Crippen MR) is 102 cm³/mol. The summed E-state index contributed by atoms with van der Waals surface area (Å²) in [5.41, 5.74) is 8.29. The molecule has 3 rings (SSSR count). The number of rotatable bonds is 5. The van der Waals surface area contributed by atoms with E-state index in [1.165, 1.54) is 6.07 Å². The zero-order chi connectivity index (χ0) is 19.7. The van der Waals surface area contributed by atoms with Gasteiger partial charge in [-0.05, 0) is 26.3 Å². The van der Waals surface area contributed by atoms with E-state index in [1.807, 2.05) is 32.7 Å². The van der Waals surface area contributed by atoms with Crippen LogP contribution in [0.4, 0.5) is 5.95 Å². The van der Waals surface area contributed by atoms with Crippen molar-refractivity contribution in [3.63, 3.8) is 0 Å². The first-order chi connectivity index (χ1) is 12.8. The molecule has 1 fully saturated rings. The Kier molecular flexibility index (Phi) is 5.31. The lowest BCUT2D eigenvalue weighted by Crippen LogP contribution is -2.37. The van der Waals surface area contributed by atoms with Gasteiger partial charge in [-0.25, -0.2) is 4.98 Å². The number of carbonyl (C=O) groups excluding carboxylic acids is 1. The van der Waals surface area contributed by atoms with Crippen LogP contribution in [0.5, 0.6) is 0 Å². The van der Waals surface area contributed by atoms with E-state index >= 15 is 0 Å². The molecule has 0 aromatic carbocycles. The molecule has 1 saturated heterocycles. The molecule has 0 bridgehead atoms. The molecule has 1 aliphatic rings. The molecule has 1 aliphatic heterocycles. The van der Waals surface area contributed by atoms with Crippen molar-refractivity contribution in [1.29, 1.82) is 0 Å². The van der Waals surface area contributed by atoms with Gasteiger partial charge >= 0.3 is 0 Å². The average Bonchev–Trinajstić information content (AvgIpc) is 3.20. The Morgan fingerprint density at radius 3 is 2.89 bits per heavy atom. The van der Waals surface area contributed by atoms with Gasteiger partial charge in [-0.1, -0.05) is 13.8 Å². The quantitative estimate of drug-likeness (QED) is 0.714. The molecule has 2 aromatic heterocycles. The molecule has 4 N–H and O–H groups in total. The smallest absolute Gasteiger partial charge is 0.257 e. The topological polar surface area (TPSA) is 124 Å². The number of carbonyl (C=O) groups is 1. The number of nitrogens with two attached hydrogens (primary N) is 1. The molecule has 0 spiro atoms. The first-order valence-corrected chi connectivity index (χ1v) is 9.16. The lowest BCUT2D eigenvalue weighted by atomic mass is 10.0. The minimum atomic E-state index is -0.259. The number of H-pyrrole nitrogens is 2. The minimum absolute atomic E-state index is 0.0272. The van der Waals surface area contributed by atoms with Crippen LogP contribution < -0.4 is 11.3 Å². The number of nitrogen functional groups attached to an aromatic ring is 1. The Balaban J connectivity index is 1.68. The summed E-state index contributed by atoms with van der Waals surface area (Å²) in [6.07, 6.45) is 0.870. The molecule has 146 valence electrons. The number of nitrogens with zero attached hydrogens (tertiary/aromatic N) is 4. The third-order valence-corrected chi connectivity index (χ3v) is 5.03. The molecule has 9 heteroatoms. The summed E-state index contributed by atoms with van der Waals surface area (Å²) in [5.74, 6) is 0.327. The number of likely N-dealkylation sites (tertiary alicyclic amines) is 1. The molecular weight excluding hydrogens is 346 g/mol. The molecule has 1 amide bonds. The van der Waals surface area contributed by atoms with Gasteiger partial charge in [0, 0.05) is 37.4 Å². The summed E-state index contributed by atoms with van der Waals surface area (Å²) in [6, 6.07) is 1.65. The zero-order valence-corrected chi connectivity index (χ0v) is 16.2. The predicted octanol–water partition coefficient (Wildman–Crippen LogP) is 0.854. The largest absolute Gasteiger partial charge is 0.369 e. The van der Waals surface area contributed by atoms with Crippen molar-refractivity contribution in [2.45, 2.75) is 45.7 Å². The normalized spacial score (nSPS) is 17.3. The SMILES string of the molecule is Cc1[nH]nc(C(C)C)c1C(=O)N1CCC(N(C)Cc2cc(=O)[nH]c(N)n2)C1. The number of likely N-dealkylation sites (N-methyl/N-ethyl adjacent to an activating group) is 1. The number of aryl methyl sites for hydroxylation is 1. The van der Waals surface area contributed by atoms with E-state index in [9.17, 15) is 9.59 Å². The molecule has 0 radical (unpaired) electrons. The lowest BCUT2D eigenvalue weighted by molar-refractivity contribution is 0.0777. The highest BCUT2D eigenvalue weighted by molar-refractivity contribution is 5.96. The maximum absolute atomic E-state index is 13.0. The first-order valence-electron chi connectivity index (χ1n) is 9.16. The Labute approximate surface area is 158 Å². The van der Waals surface area contributed by atoms with Gasteiger partial charge in [0.05, 0.1) is 17.0 Å². The zero-order valence-electron chi connectivity index (χ0n) is 16.2. The second-order valence-electron chi connectivity index (χ2n) is 7.49. The lowest BCUT2D eigenvalue weighted by Gasteiger charge is -2.24. The monoisotopic (exact) mass is 373 g/mol. The van der Waals surface area contributed by atoms with E-state index in [-0.39, 0.29) is 29.4 Å². The number of nitrogens with one attached hydrogen (secondary N) is 2. The molecule has 0 saturated carbocycles. The van der Waals surface area contributed by atoms with E-state index in [1.54, 1.807) is 0 Å². The Morgan fingerprint density at radius 2 is 2.22 bits per heavy atom. The van der Waals surface area contributed by atoms with Gasteiger partial charge in [0.25, 0.3) is 11.5 Å². The van der Waals surface area contributed by atoms with Crippen LogP contribution in [0, 0.1) is 6.92 Å².